The van der Waals surface area contributed by atoms with E-state index < -0.39 is 29.9 Å². The number of aromatic nitrogens is 3. The zero-order chi connectivity index (χ0) is 30.7. The van der Waals surface area contributed by atoms with Crippen LogP contribution in [-0.2, 0) is 17.5 Å². The molecule has 0 spiro atoms. The number of fused-ring (bicyclic) bond motifs is 1. The molecule has 1 aliphatic heterocycles. The van der Waals surface area contributed by atoms with E-state index in [4.69, 9.17) is 14.6 Å². The molecule has 1 fully saturated rings. The molecule has 0 unspecified atom stereocenters. The number of pyridine rings is 2. The summed E-state index contributed by atoms with van der Waals surface area (Å²) in [7, 11) is 1.56. The summed E-state index contributed by atoms with van der Waals surface area (Å²) >= 11 is 0. The third-order valence-corrected chi connectivity index (χ3v) is 6.21. The molecule has 0 aliphatic carbocycles. The quantitative estimate of drug-likeness (QED) is 0.279. The molecular weight excluding hydrogens is 572 g/mol. The van der Waals surface area contributed by atoms with Crippen LogP contribution >= 0.6 is 0 Å². The van der Waals surface area contributed by atoms with E-state index in [1.165, 1.54) is 12.1 Å². The molecule has 0 atom stereocenters. The van der Waals surface area contributed by atoms with Gasteiger partial charge in [-0.05, 0) is 54.4 Å². The fourth-order valence-electron chi connectivity index (χ4n) is 3.96. The summed E-state index contributed by atoms with van der Waals surface area (Å²) in [5.41, 5.74) is 1.02. The first-order chi connectivity index (χ1) is 19.8. The van der Waals surface area contributed by atoms with E-state index in [2.05, 4.69) is 20.2 Å². The summed E-state index contributed by atoms with van der Waals surface area (Å²) in [5.74, 6) is -1.71. The lowest BCUT2D eigenvalue weighted by atomic mass is 10.2. The third-order valence-electron chi connectivity index (χ3n) is 6.21. The number of hydrogen-bond donors (Lipinski definition) is 2. The normalized spacial score (nSPS) is 13.2. The van der Waals surface area contributed by atoms with Gasteiger partial charge in [0.1, 0.15) is 23.0 Å². The number of carbonyl (C=O) groups is 2. The zero-order valence-corrected chi connectivity index (χ0v) is 21.8. The van der Waals surface area contributed by atoms with Gasteiger partial charge in [-0.15, -0.1) is 0 Å². The second kappa shape index (κ2) is 12.0. The standard InChI is InChI=1S/C25H22F3N5O2.C2HF3O2/c1-35-18-6-3-16(4-7-18)15-33-20-8-9-22(25(26,27)28)31-19(20)13-21(33)24(34)30-17-5-10-23(29-14-17)32-11-2-12-32;3-2(4,5)1(6)7/h3-10,13-14H,2,11-12,15H2,1H3,(H,30,34);(H,6,7). The van der Waals surface area contributed by atoms with E-state index in [9.17, 15) is 31.1 Å². The first kappa shape index (κ1) is 30.1. The predicted octanol–water partition coefficient (Wildman–Crippen LogP) is 5.60. The number of alkyl halides is 6. The highest BCUT2D eigenvalue weighted by Gasteiger charge is 2.38. The lowest BCUT2D eigenvalue weighted by Gasteiger charge is -2.31. The molecule has 5 rings (SSSR count). The van der Waals surface area contributed by atoms with Crippen molar-refractivity contribution >= 4 is 34.4 Å². The second-order valence-corrected chi connectivity index (χ2v) is 9.07. The number of aliphatic carboxylic acids is 1. The SMILES string of the molecule is COc1ccc(Cn2c(C(=O)Nc3ccc(N4CCC4)nc3)cc3nc(C(F)(F)F)ccc32)cc1.O=C(O)C(F)(F)F. The smallest absolute Gasteiger partial charge is 0.490 e. The van der Waals surface area contributed by atoms with Gasteiger partial charge in [-0.25, -0.2) is 14.8 Å². The minimum atomic E-state index is -5.08. The summed E-state index contributed by atoms with van der Waals surface area (Å²) in [6.07, 6.45) is -6.97. The predicted molar refractivity (Wildman–Crippen MR) is 140 cm³/mol. The van der Waals surface area contributed by atoms with Crippen LogP contribution in [0.25, 0.3) is 11.0 Å². The molecule has 2 N–H and O–H groups in total. The largest absolute Gasteiger partial charge is 0.497 e. The first-order valence-electron chi connectivity index (χ1n) is 12.3. The van der Waals surface area contributed by atoms with Crippen LogP contribution in [0.15, 0.2) is 60.8 Å². The van der Waals surface area contributed by atoms with Gasteiger partial charge >= 0.3 is 18.3 Å². The Morgan fingerprint density at radius 1 is 1.00 bits per heavy atom. The van der Waals surface area contributed by atoms with Crippen molar-refractivity contribution in [2.45, 2.75) is 25.3 Å². The molecule has 222 valence electrons. The lowest BCUT2D eigenvalue weighted by molar-refractivity contribution is -0.192. The van der Waals surface area contributed by atoms with E-state index in [1.807, 2.05) is 18.2 Å². The van der Waals surface area contributed by atoms with Gasteiger partial charge in [0.25, 0.3) is 5.91 Å². The van der Waals surface area contributed by atoms with Crippen molar-refractivity contribution in [1.29, 1.82) is 0 Å². The van der Waals surface area contributed by atoms with Crippen LogP contribution in [0.3, 0.4) is 0 Å². The van der Waals surface area contributed by atoms with E-state index in [0.29, 0.717) is 17.0 Å². The third kappa shape index (κ3) is 7.08. The van der Waals surface area contributed by atoms with Crippen LogP contribution in [0.5, 0.6) is 5.75 Å². The number of carboxylic acid groups (broad SMARTS) is 1. The Hall–Kier alpha value is -4.82. The number of methoxy groups -OCH3 is 1. The number of nitrogens with zero attached hydrogens (tertiary/aromatic N) is 4. The van der Waals surface area contributed by atoms with Crippen LogP contribution in [0.2, 0.25) is 0 Å². The van der Waals surface area contributed by atoms with Crippen molar-refractivity contribution < 1.29 is 45.8 Å². The first-order valence-corrected chi connectivity index (χ1v) is 12.3. The maximum atomic E-state index is 13.2. The average Bonchev–Trinajstić information content (AvgIpc) is 3.26. The molecule has 0 bridgehead atoms. The second-order valence-electron chi connectivity index (χ2n) is 9.07. The highest BCUT2D eigenvalue weighted by molar-refractivity contribution is 6.06. The summed E-state index contributed by atoms with van der Waals surface area (Å²) < 4.78 is 78.3. The highest BCUT2D eigenvalue weighted by Crippen LogP contribution is 2.31. The molecule has 3 aromatic heterocycles. The minimum absolute atomic E-state index is 0.0877. The monoisotopic (exact) mass is 595 g/mol. The molecule has 1 aliphatic rings. The number of carbonyl (C=O) groups excluding carboxylic acids is 1. The lowest BCUT2D eigenvalue weighted by Crippen LogP contribution is -2.37. The maximum Gasteiger partial charge on any atom is 0.490 e. The van der Waals surface area contributed by atoms with Crippen LogP contribution in [0, 0.1) is 0 Å². The number of ether oxygens (including phenoxy) is 1. The maximum absolute atomic E-state index is 13.2. The van der Waals surface area contributed by atoms with Crippen LogP contribution in [-0.4, -0.2) is 57.9 Å². The molecule has 0 radical (unpaired) electrons. The Labute approximate surface area is 234 Å². The van der Waals surface area contributed by atoms with Crippen LogP contribution < -0.4 is 15.0 Å². The number of amides is 1. The Morgan fingerprint density at radius 2 is 1.67 bits per heavy atom. The Bertz CT molecular complexity index is 1560. The van der Waals surface area contributed by atoms with Gasteiger partial charge < -0.3 is 24.6 Å². The Morgan fingerprint density at radius 3 is 2.17 bits per heavy atom. The van der Waals surface area contributed by atoms with Gasteiger partial charge in [-0.3, -0.25) is 4.79 Å². The fraction of sp³-hybridized carbons (Fsp3) is 0.259. The average molecular weight is 596 g/mol. The number of hydrogen-bond acceptors (Lipinski definition) is 6. The van der Waals surface area contributed by atoms with Gasteiger partial charge in [0.2, 0.25) is 0 Å². The molecule has 9 nitrogen and oxygen atoms in total. The molecule has 15 heteroatoms. The number of nitrogens with one attached hydrogen (secondary N) is 1. The van der Waals surface area contributed by atoms with Crippen molar-refractivity contribution in [3.8, 4) is 5.75 Å². The van der Waals surface area contributed by atoms with E-state index in [0.717, 1.165) is 37.0 Å². The molecule has 4 heterocycles. The molecule has 1 saturated heterocycles. The molecule has 0 saturated carbocycles. The van der Waals surface area contributed by atoms with Crippen molar-refractivity contribution in [3.05, 3.63) is 77.7 Å². The van der Waals surface area contributed by atoms with E-state index in [1.54, 1.807) is 36.1 Å². The summed E-state index contributed by atoms with van der Waals surface area (Å²) in [6.45, 7) is 2.17. The summed E-state index contributed by atoms with van der Waals surface area (Å²) in [6, 6.07) is 14.5. The molecule has 1 amide bonds. The Kier molecular flexibility index (Phi) is 8.59. The molecular formula is C27H23F6N5O4. The topological polar surface area (TPSA) is 110 Å². The summed E-state index contributed by atoms with van der Waals surface area (Å²) in [4.78, 5) is 32.4. The number of rotatable bonds is 6. The number of anilines is 2. The Balaban J connectivity index is 0.000000517. The van der Waals surface area contributed by atoms with Gasteiger partial charge in [-0.2, -0.15) is 26.3 Å². The molecule has 42 heavy (non-hydrogen) atoms. The molecule has 4 aromatic rings. The van der Waals surface area contributed by atoms with Gasteiger partial charge in [0, 0.05) is 19.6 Å². The number of halogens is 6. The van der Waals surface area contributed by atoms with Crippen LogP contribution in [0.4, 0.5) is 37.8 Å². The van der Waals surface area contributed by atoms with Crippen molar-refractivity contribution in [2.75, 3.05) is 30.4 Å². The molecule has 1 aromatic carbocycles. The van der Waals surface area contributed by atoms with E-state index in [-0.39, 0.29) is 17.8 Å². The van der Waals surface area contributed by atoms with Crippen molar-refractivity contribution in [1.82, 2.24) is 14.5 Å². The van der Waals surface area contributed by atoms with Crippen molar-refractivity contribution in [2.24, 2.45) is 0 Å². The fourth-order valence-corrected chi connectivity index (χ4v) is 3.96. The minimum Gasteiger partial charge on any atom is -0.497 e. The van der Waals surface area contributed by atoms with Crippen molar-refractivity contribution in [3.63, 3.8) is 0 Å². The summed E-state index contributed by atoms with van der Waals surface area (Å²) in [5, 5.41) is 9.92. The van der Waals surface area contributed by atoms with Crippen LogP contribution in [0.1, 0.15) is 28.2 Å². The number of carboxylic acids is 1. The number of benzene rings is 1. The van der Waals surface area contributed by atoms with E-state index >= 15 is 0 Å². The highest BCUT2D eigenvalue weighted by atomic mass is 19.4. The van der Waals surface area contributed by atoms with Gasteiger partial charge in [0.15, 0.2) is 0 Å². The van der Waals surface area contributed by atoms with Gasteiger partial charge in [-0.1, -0.05) is 12.1 Å². The van der Waals surface area contributed by atoms with Gasteiger partial charge in [0.05, 0.1) is 30.0 Å². The zero-order valence-electron chi connectivity index (χ0n) is 21.8.